The Balaban J connectivity index is 2.66. The molecular weight excluding hydrogens is 344 g/mol. The predicted molar refractivity (Wildman–Crippen MR) is 115 cm³/mol. The van der Waals surface area contributed by atoms with Crippen molar-refractivity contribution in [1.29, 1.82) is 0 Å². The van der Waals surface area contributed by atoms with Crippen molar-refractivity contribution in [3.8, 4) is 11.1 Å². The van der Waals surface area contributed by atoms with Gasteiger partial charge in [0.2, 0.25) is 0 Å². The van der Waals surface area contributed by atoms with E-state index in [2.05, 4.69) is 43.0 Å². The molecule has 2 rings (SSSR count). The van der Waals surface area contributed by atoms with E-state index in [0.717, 1.165) is 46.3 Å². The zero-order valence-corrected chi connectivity index (χ0v) is 16.2. The Kier molecular flexibility index (Phi) is 7.25. The Hall–Kier alpha value is -2.30. The van der Waals surface area contributed by atoms with Gasteiger partial charge in [-0.15, -0.1) is 0 Å². The molecule has 0 radical (unpaired) electrons. The summed E-state index contributed by atoms with van der Waals surface area (Å²) in [5.74, 6) is 5.43. The monoisotopic (exact) mass is 370 g/mol. The summed E-state index contributed by atoms with van der Waals surface area (Å²) in [6.45, 7) is 8.79. The van der Waals surface area contributed by atoms with Crippen LogP contribution in [-0.4, -0.2) is 18.8 Å². The molecule has 2 aromatic carbocycles. The van der Waals surface area contributed by atoms with Crippen molar-refractivity contribution in [3.63, 3.8) is 0 Å². The van der Waals surface area contributed by atoms with Gasteiger partial charge >= 0.3 is 0 Å². The molecular formula is C21H27ClN4. The van der Waals surface area contributed by atoms with Crippen LogP contribution in [0.2, 0.25) is 5.02 Å². The third kappa shape index (κ3) is 4.45. The lowest BCUT2D eigenvalue weighted by molar-refractivity contribution is 0.642. The summed E-state index contributed by atoms with van der Waals surface area (Å²) in [5, 5.41) is 8.03. The second kappa shape index (κ2) is 9.41. The molecule has 4 nitrogen and oxygen atoms in total. The maximum atomic E-state index is 6.49. The van der Waals surface area contributed by atoms with Crippen molar-refractivity contribution in [2.75, 3.05) is 11.9 Å². The van der Waals surface area contributed by atoms with Gasteiger partial charge in [-0.1, -0.05) is 43.3 Å². The van der Waals surface area contributed by atoms with E-state index in [1.165, 1.54) is 0 Å². The van der Waals surface area contributed by atoms with Gasteiger partial charge in [-0.05, 0) is 55.6 Å². The van der Waals surface area contributed by atoms with Crippen molar-refractivity contribution in [2.24, 2.45) is 16.7 Å². The van der Waals surface area contributed by atoms with Gasteiger partial charge in [0.1, 0.15) is 0 Å². The molecule has 0 aliphatic rings. The summed E-state index contributed by atoms with van der Waals surface area (Å²) in [7, 11) is 0. The number of aryl methyl sites for hydroxylation is 1. The largest absolute Gasteiger partial charge is 0.382 e. The van der Waals surface area contributed by atoms with Gasteiger partial charge in [0.25, 0.3) is 0 Å². The molecule has 0 bridgehead atoms. The van der Waals surface area contributed by atoms with Crippen molar-refractivity contribution in [2.45, 2.75) is 32.7 Å². The number of rotatable bonds is 8. The van der Waals surface area contributed by atoms with Crippen LogP contribution >= 0.6 is 11.6 Å². The molecule has 0 saturated heterocycles. The number of hydrogen-bond donors (Lipinski definition) is 3. The van der Waals surface area contributed by atoms with Gasteiger partial charge in [-0.3, -0.25) is 0 Å². The fourth-order valence-corrected chi connectivity index (χ4v) is 3.48. The number of hydrazone groups is 1. The van der Waals surface area contributed by atoms with Crippen LogP contribution in [0.5, 0.6) is 0 Å². The minimum absolute atomic E-state index is 0.281. The highest BCUT2D eigenvalue weighted by atomic mass is 35.5. The summed E-state index contributed by atoms with van der Waals surface area (Å²) in [6.07, 6.45) is 5.33. The molecule has 0 saturated carbocycles. The SMILES string of the molecule is C=Cc1c(/C=N\N)cc(-c2c(C)cccc2Cl)cc1NC(CC)CCN. The van der Waals surface area contributed by atoms with Gasteiger partial charge in [0.15, 0.2) is 0 Å². The fourth-order valence-electron chi connectivity index (χ4n) is 3.15. The van der Waals surface area contributed by atoms with Crippen molar-refractivity contribution in [3.05, 3.63) is 58.6 Å². The van der Waals surface area contributed by atoms with Gasteiger partial charge in [0, 0.05) is 33.4 Å². The average Bonchev–Trinajstić information content (AvgIpc) is 2.61. The summed E-state index contributed by atoms with van der Waals surface area (Å²) in [5.41, 5.74) is 11.7. The molecule has 1 unspecified atom stereocenters. The molecule has 0 amide bonds. The van der Waals surface area contributed by atoms with Crippen molar-refractivity contribution < 1.29 is 0 Å². The van der Waals surface area contributed by atoms with Crippen LogP contribution in [0.4, 0.5) is 5.69 Å². The zero-order valence-electron chi connectivity index (χ0n) is 15.4. The van der Waals surface area contributed by atoms with E-state index in [9.17, 15) is 0 Å². The van der Waals surface area contributed by atoms with Crippen LogP contribution in [0, 0.1) is 6.92 Å². The Morgan fingerprint density at radius 3 is 2.69 bits per heavy atom. The second-order valence-electron chi connectivity index (χ2n) is 6.27. The topological polar surface area (TPSA) is 76.4 Å². The lowest BCUT2D eigenvalue weighted by Crippen LogP contribution is -2.23. The highest BCUT2D eigenvalue weighted by Gasteiger charge is 2.15. The molecule has 138 valence electrons. The quantitative estimate of drug-likeness (QED) is 0.355. The predicted octanol–water partition coefficient (Wildman–Crippen LogP) is 4.79. The summed E-state index contributed by atoms with van der Waals surface area (Å²) in [6, 6.07) is 10.3. The number of benzene rings is 2. The second-order valence-corrected chi connectivity index (χ2v) is 6.67. The molecule has 0 aliphatic heterocycles. The highest BCUT2D eigenvalue weighted by molar-refractivity contribution is 6.33. The number of hydrogen-bond acceptors (Lipinski definition) is 4. The number of anilines is 1. The first kappa shape index (κ1) is 20.0. The smallest absolute Gasteiger partial charge is 0.0545 e. The lowest BCUT2D eigenvalue weighted by Gasteiger charge is -2.22. The molecule has 2 aromatic rings. The number of halogens is 1. The molecule has 1 atom stereocenters. The molecule has 5 heteroatoms. The molecule has 0 spiro atoms. The number of nitrogens with two attached hydrogens (primary N) is 2. The third-order valence-electron chi connectivity index (χ3n) is 4.51. The average molecular weight is 371 g/mol. The van der Waals surface area contributed by atoms with Crippen LogP contribution < -0.4 is 16.9 Å². The van der Waals surface area contributed by atoms with E-state index in [0.29, 0.717) is 11.6 Å². The van der Waals surface area contributed by atoms with Crippen molar-refractivity contribution >= 4 is 29.6 Å². The molecule has 26 heavy (non-hydrogen) atoms. The number of nitrogens with zero attached hydrogens (tertiary/aromatic N) is 1. The summed E-state index contributed by atoms with van der Waals surface area (Å²) in [4.78, 5) is 0. The Labute approximate surface area is 160 Å². The first-order chi connectivity index (χ1) is 12.5. The summed E-state index contributed by atoms with van der Waals surface area (Å²) >= 11 is 6.49. The normalized spacial score (nSPS) is 12.3. The standard InChI is InChI=1S/C21H27ClN4/c1-4-17(9-10-23)26-20-12-15(11-16(13-25-24)18(20)5-2)21-14(3)7-6-8-19(21)22/h5-8,11-13,17,26H,2,4,9-10,23-24H2,1,3H3/b25-13-. The lowest BCUT2D eigenvalue weighted by atomic mass is 9.94. The number of nitrogens with one attached hydrogen (secondary N) is 1. The van der Waals surface area contributed by atoms with E-state index >= 15 is 0 Å². The first-order valence-corrected chi connectivity index (χ1v) is 9.19. The first-order valence-electron chi connectivity index (χ1n) is 8.81. The van der Waals surface area contributed by atoms with Crippen LogP contribution in [0.1, 0.15) is 36.5 Å². The van der Waals surface area contributed by atoms with Gasteiger partial charge in [-0.2, -0.15) is 5.10 Å². The molecule has 5 N–H and O–H groups in total. The highest BCUT2D eigenvalue weighted by Crippen LogP contribution is 2.35. The van der Waals surface area contributed by atoms with Crippen LogP contribution in [0.25, 0.3) is 17.2 Å². The minimum atomic E-state index is 0.281. The van der Waals surface area contributed by atoms with E-state index in [-0.39, 0.29) is 6.04 Å². The maximum Gasteiger partial charge on any atom is 0.0545 e. The van der Waals surface area contributed by atoms with E-state index in [4.69, 9.17) is 23.2 Å². The molecule has 0 aromatic heterocycles. The van der Waals surface area contributed by atoms with Crippen molar-refractivity contribution in [1.82, 2.24) is 0 Å². The molecule has 0 fully saturated rings. The third-order valence-corrected chi connectivity index (χ3v) is 4.82. The molecule has 0 heterocycles. The Morgan fingerprint density at radius 1 is 1.35 bits per heavy atom. The Bertz CT molecular complexity index is 779. The van der Waals surface area contributed by atoms with E-state index < -0.39 is 0 Å². The van der Waals surface area contributed by atoms with E-state index in [1.807, 2.05) is 24.3 Å². The van der Waals surface area contributed by atoms with Crippen LogP contribution in [0.3, 0.4) is 0 Å². The van der Waals surface area contributed by atoms with Gasteiger partial charge in [-0.25, -0.2) is 0 Å². The summed E-state index contributed by atoms with van der Waals surface area (Å²) < 4.78 is 0. The maximum absolute atomic E-state index is 6.49. The Morgan fingerprint density at radius 2 is 2.12 bits per heavy atom. The van der Waals surface area contributed by atoms with Crippen LogP contribution in [-0.2, 0) is 0 Å². The minimum Gasteiger partial charge on any atom is -0.382 e. The van der Waals surface area contributed by atoms with Gasteiger partial charge < -0.3 is 16.9 Å². The van der Waals surface area contributed by atoms with E-state index in [1.54, 1.807) is 6.21 Å². The fraction of sp³-hybridized carbons (Fsp3) is 0.286. The van der Waals surface area contributed by atoms with Crippen LogP contribution in [0.15, 0.2) is 42.0 Å². The zero-order chi connectivity index (χ0) is 19.1. The van der Waals surface area contributed by atoms with Gasteiger partial charge in [0.05, 0.1) is 6.21 Å². The molecule has 0 aliphatic carbocycles.